The van der Waals surface area contributed by atoms with Crippen LogP contribution < -0.4 is 0 Å². The molecule has 224 valence electrons. The highest BCUT2D eigenvalue weighted by molar-refractivity contribution is 6.76. The monoisotopic (exact) mass is 623 g/mol. The normalized spacial score (nSPS) is 18.5. The quantitative estimate of drug-likeness (QED) is 0.131. The third kappa shape index (κ3) is 5.34. The second-order valence-electron chi connectivity index (χ2n) is 12.4. The van der Waals surface area contributed by atoms with Gasteiger partial charge in [0, 0.05) is 69.5 Å². The van der Waals surface area contributed by atoms with Gasteiger partial charge >= 0.3 is 0 Å². The standard InChI is InChI=1S/C31H32ClF2N5O3Si/c1-43(2,3)13-12-42-19-38-22(14-26-27(38)15-25(34)28(32)36-26)18-39-29(40)23-8-10-35-16-24(23)31(39)9-11-37(30(31)41)17-20-4-6-21(33)7-5-20/h4-8,10,14-16H,9,11-13,17-19H2,1-3H3/t31-/m1/s1. The number of likely N-dealkylation sites (tertiary alicyclic amines) is 1. The molecule has 43 heavy (non-hydrogen) atoms. The summed E-state index contributed by atoms with van der Waals surface area (Å²) in [5, 5.41) is -0.245. The summed E-state index contributed by atoms with van der Waals surface area (Å²) in [4.78, 5) is 40.0. The summed E-state index contributed by atoms with van der Waals surface area (Å²) in [6, 6.07) is 11.7. The molecule has 5 heterocycles. The van der Waals surface area contributed by atoms with Crippen molar-refractivity contribution in [3.63, 3.8) is 0 Å². The van der Waals surface area contributed by atoms with E-state index in [1.54, 1.807) is 51.0 Å². The Morgan fingerprint density at radius 2 is 1.84 bits per heavy atom. The number of nitrogens with zero attached hydrogens (tertiary/aromatic N) is 5. The number of halogens is 3. The molecule has 2 aliphatic rings. The molecule has 1 aromatic carbocycles. The van der Waals surface area contributed by atoms with E-state index in [-0.39, 0.29) is 42.6 Å². The van der Waals surface area contributed by atoms with Crippen LogP contribution in [0.2, 0.25) is 30.8 Å². The van der Waals surface area contributed by atoms with E-state index in [9.17, 15) is 18.4 Å². The van der Waals surface area contributed by atoms with Crippen LogP contribution in [0.5, 0.6) is 0 Å². The SMILES string of the molecule is C[Si](C)(C)CCOCn1c(CN2C(=O)c3ccncc3[C@@]23CCN(Cc2ccc(F)cc2)C3=O)cc2nc(Cl)c(F)cc21. The van der Waals surface area contributed by atoms with Gasteiger partial charge in [-0.1, -0.05) is 43.4 Å². The third-order valence-electron chi connectivity index (χ3n) is 8.29. The average Bonchev–Trinajstić information content (AvgIpc) is 3.54. The lowest BCUT2D eigenvalue weighted by Gasteiger charge is -2.34. The van der Waals surface area contributed by atoms with Crippen molar-refractivity contribution in [1.29, 1.82) is 0 Å². The second-order valence-corrected chi connectivity index (χ2v) is 18.3. The van der Waals surface area contributed by atoms with Crippen LogP contribution in [-0.4, -0.2) is 57.4 Å². The summed E-state index contributed by atoms with van der Waals surface area (Å²) in [6.45, 7) is 8.19. The van der Waals surface area contributed by atoms with E-state index in [0.717, 1.165) is 11.6 Å². The maximum Gasteiger partial charge on any atom is 0.255 e. The molecule has 2 amide bonds. The molecular formula is C31H32ClF2N5O3Si. The Labute approximate surface area is 254 Å². The molecule has 12 heteroatoms. The maximum absolute atomic E-state index is 14.6. The molecule has 8 nitrogen and oxygen atoms in total. The Hall–Kier alpha value is -3.67. The van der Waals surface area contributed by atoms with Gasteiger partial charge in [0.15, 0.2) is 16.5 Å². The molecule has 0 aliphatic carbocycles. The van der Waals surface area contributed by atoms with E-state index in [0.29, 0.717) is 47.4 Å². The molecule has 0 radical (unpaired) electrons. The molecule has 4 aromatic rings. The highest BCUT2D eigenvalue weighted by atomic mass is 35.5. The van der Waals surface area contributed by atoms with Crippen LogP contribution in [0.15, 0.2) is 54.9 Å². The number of benzene rings is 1. The minimum Gasteiger partial charge on any atom is -0.361 e. The van der Waals surface area contributed by atoms with E-state index >= 15 is 0 Å². The predicted molar refractivity (Wildman–Crippen MR) is 161 cm³/mol. The summed E-state index contributed by atoms with van der Waals surface area (Å²) in [7, 11) is -1.35. The first-order valence-electron chi connectivity index (χ1n) is 14.2. The van der Waals surface area contributed by atoms with Crippen LogP contribution in [-0.2, 0) is 34.9 Å². The number of pyridine rings is 2. The van der Waals surface area contributed by atoms with Gasteiger partial charge in [0.2, 0.25) is 0 Å². The lowest BCUT2D eigenvalue weighted by atomic mass is 9.89. The van der Waals surface area contributed by atoms with Crippen molar-refractivity contribution in [3.8, 4) is 0 Å². The van der Waals surface area contributed by atoms with Crippen molar-refractivity contribution in [2.75, 3.05) is 13.2 Å². The van der Waals surface area contributed by atoms with Crippen LogP contribution in [0.25, 0.3) is 11.0 Å². The van der Waals surface area contributed by atoms with Gasteiger partial charge in [-0.05, 0) is 35.9 Å². The molecule has 6 rings (SSSR count). The van der Waals surface area contributed by atoms with Gasteiger partial charge in [0.05, 0.1) is 17.6 Å². The van der Waals surface area contributed by atoms with Crippen molar-refractivity contribution < 1.29 is 23.1 Å². The average molecular weight is 624 g/mol. The van der Waals surface area contributed by atoms with Gasteiger partial charge in [-0.15, -0.1) is 0 Å². The fraction of sp³-hybridized carbons (Fsp3) is 0.355. The zero-order valence-corrected chi connectivity index (χ0v) is 26.0. The van der Waals surface area contributed by atoms with Gasteiger partial charge in [0.25, 0.3) is 11.8 Å². The number of rotatable bonds is 9. The van der Waals surface area contributed by atoms with Crippen molar-refractivity contribution in [2.24, 2.45) is 0 Å². The maximum atomic E-state index is 14.6. The van der Waals surface area contributed by atoms with Gasteiger partial charge < -0.3 is 19.1 Å². The largest absolute Gasteiger partial charge is 0.361 e. The predicted octanol–water partition coefficient (Wildman–Crippen LogP) is 5.96. The van der Waals surface area contributed by atoms with Gasteiger partial charge in [0.1, 0.15) is 12.5 Å². The van der Waals surface area contributed by atoms with E-state index in [4.69, 9.17) is 16.3 Å². The molecule has 0 bridgehead atoms. The van der Waals surface area contributed by atoms with Crippen LogP contribution in [0, 0.1) is 11.6 Å². The third-order valence-corrected chi connectivity index (χ3v) is 10.3. The van der Waals surface area contributed by atoms with Gasteiger partial charge in [-0.3, -0.25) is 14.6 Å². The van der Waals surface area contributed by atoms with E-state index in [2.05, 4.69) is 29.6 Å². The first-order valence-corrected chi connectivity index (χ1v) is 18.3. The van der Waals surface area contributed by atoms with Crippen molar-refractivity contribution in [1.82, 2.24) is 24.3 Å². The number of amides is 2. The topological polar surface area (TPSA) is 80.6 Å². The first kappa shape index (κ1) is 29.4. The van der Waals surface area contributed by atoms with Crippen LogP contribution in [0.1, 0.15) is 33.6 Å². The number of hydrogen-bond acceptors (Lipinski definition) is 5. The first-order chi connectivity index (χ1) is 20.5. The number of aromatic nitrogens is 3. The molecule has 0 saturated carbocycles. The summed E-state index contributed by atoms with van der Waals surface area (Å²) in [5.41, 5.74) is 2.09. The number of carbonyl (C=O) groups excluding carboxylic acids is 2. The molecule has 0 N–H and O–H groups in total. The number of hydrogen-bond donors (Lipinski definition) is 0. The highest BCUT2D eigenvalue weighted by Gasteiger charge is 2.59. The smallest absolute Gasteiger partial charge is 0.255 e. The second kappa shape index (κ2) is 11.1. The molecule has 2 aliphatic heterocycles. The van der Waals surface area contributed by atoms with Crippen molar-refractivity contribution >= 4 is 42.5 Å². The van der Waals surface area contributed by atoms with E-state index in [1.807, 2.05) is 0 Å². The lowest BCUT2D eigenvalue weighted by molar-refractivity contribution is -0.137. The van der Waals surface area contributed by atoms with Crippen LogP contribution in [0.3, 0.4) is 0 Å². The number of ether oxygens (including phenoxy) is 1. The summed E-state index contributed by atoms with van der Waals surface area (Å²) in [5.74, 6) is -1.52. The van der Waals surface area contributed by atoms with Gasteiger partial charge in [-0.25, -0.2) is 13.8 Å². The fourth-order valence-corrected chi connectivity index (χ4v) is 6.87. The van der Waals surface area contributed by atoms with Crippen molar-refractivity contribution in [2.45, 2.75) is 57.5 Å². The van der Waals surface area contributed by atoms with Crippen LogP contribution in [0.4, 0.5) is 8.78 Å². The highest BCUT2D eigenvalue weighted by Crippen LogP contribution is 2.47. The molecule has 1 atom stereocenters. The Balaban J connectivity index is 1.37. The molecule has 0 unspecified atom stereocenters. The van der Waals surface area contributed by atoms with Crippen LogP contribution >= 0.6 is 11.6 Å². The Bertz CT molecular complexity index is 1730. The lowest BCUT2D eigenvalue weighted by Crippen LogP contribution is -2.49. The molecule has 1 saturated heterocycles. The summed E-state index contributed by atoms with van der Waals surface area (Å²) < 4.78 is 35.9. The zero-order valence-electron chi connectivity index (χ0n) is 24.2. The number of fused-ring (bicyclic) bond motifs is 3. The minimum absolute atomic E-state index is 0.0522. The van der Waals surface area contributed by atoms with Crippen molar-refractivity contribution in [3.05, 3.63) is 94.0 Å². The molecular weight excluding hydrogens is 592 g/mol. The van der Waals surface area contributed by atoms with E-state index in [1.165, 1.54) is 18.2 Å². The molecule has 1 spiro atoms. The Morgan fingerprint density at radius 1 is 1.07 bits per heavy atom. The Morgan fingerprint density at radius 3 is 2.58 bits per heavy atom. The molecule has 1 fully saturated rings. The van der Waals surface area contributed by atoms with Gasteiger partial charge in [-0.2, -0.15) is 0 Å². The zero-order chi connectivity index (χ0) is 30.5. The molecule has 3 aromatic heterocycles. The Kier molecular flexibility index (Phi) is 7.60. The fourth-order valence-electron chi connectivity index (χ4n) is 5.97. The summed E-state index contributed by atoms with van der Waals surface area (Å²) >= 11 is 6.02. The summed E-state index contributed by atoms with van der Waals surface area (Å²) in [6.07, 6.45) is 3.50. The minimum atomic E-state index is -1.35. The van der Waals surface area contributed by atoms with E-state index < -0.39 is 19.4 Å². The number of carbonyl (C=O) groups is 2.